The minimum atomic E-state index is -0.185. The number of carbonyl (C=O) groups excluding carboxylic acids is 4. The molecule has 0 aromatic heterocycles. The summed E-state index contributed by atoms with van der Waals surface area (Å²) in [6.45, 7) is 0. The topological polar surface area (TPSA) is 116 Å². The van der Waals surface area contributed by atoms with Gasteiger partial charge in [0.2, 0.25) is 11.8 Å². The Labute approximate surface area is 251 Å². The van der Waals surface area contributed by atoms with Crippen molar-refractivity contribution in [3.8, 4) is 0 Å². The van der Waals surface area contributed by atoms with Gasteiger partial charge < -0.3 is 21.3 Å². The first-order valence-electron chi connectivity index (χ1n) is 14.5. The average Bonchev–Trinajstić information content (AvgIpc) is 3.03. The summed E-state index contributed by atoms with van der Waals surface area (Å²) in [6.07, 6.45) is 5.17. The van der Waals surface area contributed by atoms with Crippen LogP contribution in [-0.2, 0) is 9.59 Å². The molecule has 0 unspecified atom stereocenters. The smallest absolute Gasteiger partial charge is 0.255 e. The van der Waals surface area contributed by atoms with Gasteiger partial charge in [0.25, 0.3) is 11.8 Å². The third kappa shape index (κ3) is 10.6. The summed E-state index contributed by atoms with van der Waals surface area (Å²) in [6, 6.07) is 32.1. The number of anilines is 4. The molecule has 0 aliphatic carbocycles. The van der Waals surface area contributed by atoms with Gasteiger partial charge in [-0.15, -0.1) is 0 Å². The van der Waals surface area contributed by atoms with Crippen LogP contribution in [0.5, 0.6) is 0 Å². The summed E-state index contributed by atoms with van der Waals surface area (Å²) in [7, 11) is 0. The number of hydrogen-bond acceptors (Lipinski definition) is 4. The average molecular weight is 577 g/mol. The zero-order chi connectivity index (χ0) is 30.3. The van der Waals surface area contributed by atoms with Gasteiger partial charge in [-0.05, 0) is 85.6 Å². The van der Waals surface area contributed by atoms with Crippen LogP contribution in [0.25, 0.3) is 0 Å². The predicted octanol–water partition coefficient (Wildman–Crippen LogP) is 7.50. The Balaban J connectivity index is 1.04. The lowest BCUT2D eigenvalue weighted by Crippen LogP contribution is -2.13. The van der Waals surface area contributed by atoms with Crippen LogP contribution < -0.4 is 21.3 Å². The maximum Gasteiger partial charge on any atom is 0.255 e. The molecule has 4 N–H and O–H groups in total. The quantitative estimate of drug-likeness (QED) is 0.116. The molecule has 4 aromatic rings. The zero-order valence-corrected chi connectivity index (χ0v) is 24.0. The van der Waals surface area contributed by atoms with Crippen molar-refractivity contribution < 1.29 is 19.2 Å². The first kappa shape index (κ1) is 30.7. The van der Waals surface area contributed by atoms with E-state index in [0.717, 1.165) is 32.1 Å². The summed E-state index contributed by atoms with van der Waals surface area (Å²) in [5.41, 5.74) is 3.84. The summed E-state index contributed by atoms with van der Waals surface area (Å²) < 4.78 is 0. The van der Waals surface area contributed by atoms with Crippen molar-refractivity contribution in [1.29, 1.82) is 0 Å². The van der Waals surface area contributed by atoms with E-state index in [9.17, 15) is 19.2 Å². The Kier molecular flexibility index (Phi) is 11.6. The van der Waals surface area contributed by atoms with E-state index < -0.39 is 0 Å². The summed E-state index contributed by atoms with van der Waals surface area (Å²) in [5.74, 6) is -0.469. The van der Waals surface area contributed by atoms with Gasteiger partial charge >= 0.3 is 0 Å². The fourth-order valence-corrected chi connectivity index (χ4v) is 4.41. The number of unbranched alkanes of at least 4 members (excludes halogenated alkanes) is 4. The Bertz CT molecular complexity index is 1370. The second-order valence-corrected chi connectivity index (χ2v) is 10.2. The predicted molar refractivity (Wildman–Crippen MR) is 171 cm³/mol. The fourth-order valence-electron chi connectivity index (χ4n) is 4.41. The van der Waals surface area contributed by atoms with Crippen LogP contribution in [-0.4, -0.2) is 23.6 Å². The Morgan fingerprint density at radius 3 is 1.02 bits per heavy atom. The van der Waals surface area contributed by atoms with E-state index in [1.807, 2.05) is 36.4 Å². The largest absolute Gasteiger partial charge is 0.326 e. The first-order valence-corrected chi connectivity index (χ1v) is 14.5. The minimum absolute atomic E-state index is 0.0499. The number of amides is 4. The maximum absolute atomic E-state index is 12.3. The van der Waals surface area contributed by atoms with Gasteiger partial charge in [-0.1, -0.05) is 55.7 Å². The molecule has 8 nitrogen and oxygen atoms in total. The molecular formula is C35H36N4O4. The normalized spacial score (nSPS) is 10.4. The van der Waals surface area contributed by atoms with Gasteiger partial charge in [0.1, 0.15) is 0 Å². The molecule has 0 spiro atoms. The molecule has 220 valence electrons. The third-order valence-corrected chi connectivity index (χ3v) is 6.73. The van der Waals surface area contributed by atoms with Crippen LogP contribution in [0, 0.1) is 0 Å². The highest BCUT2D eigenvalue weighted by atomic mass is 16.2. The van der Waals surface area contributed by atoms with E-state index in [4.69, 9.17) is 0 Å². The van der Waals surface area contributed by atoms with Gasteiger partial charge in [0, 0.05) is 46.7 Å². The molecule has 0 aliphatic rings. The molecule has 0 bridgehead atoms. The van der Waals surface area contributed by atoms with Crippen LogP contribution in [0.3, 0.4) is 0 Å². The summed E-state index contributed by atoms with van der Waals surface area (Å²) >= 11 is 0. The molecule has 43 heavy (non-hydrogen) atoms. The first-order chi connectivity index (χ1) is 21.0. The van der Waals surface area contributed by atoms with Crippen LogP contribution in [0.4, 0.5) is 22.7 Å². The molecule has 0 saturated heterocycles. The van der Waals surface area contributed by atoms with E-state index in [2.05, 4.69) is 21.3 Å². The van der Waals surface area contributed by atoms with Crippen LogP contribution >= 0.6 is 0 Å². The molecule has 0 heterocycles. The van der Waals surface area contributed by atoms with Gasteiger partial charge in [-0.25, -0.2) is 0 Å². The Hall–Kier alpha value is -5.24. The van der Waals surface area contributed by atoms with Crippen LogP contribution in [0.15, 0.2) is 109 Å². The van der Waals surface area contributed by atoms with Crippen molar-refractivity contribution in [2.45, 2.75) is 44.9 Å². The van der Waals surface area contributed by atoms with Crippen molar-refractivity contribution >= 4 is 46.4 Å². The van der Waals surface area contributed by atoms with Gasteiger partial charge in [0.15, 0.2) is 0 Å². The monoisotopic (exact) mass is 576 g/mol. The minimum Gasteiger partial charge on any atom is -0.326 e. The van der Waals surface area contributed by atoms with E-state index >= 15 is 0 Å². The lowest BCUT2D eigenvalue weighted by atomic mass is 10.1. The second-order valence-electron chi connectivity index (χ2n) is 10.2. The molecule has 4 amide bonds. The lowest BCUT2D eigenvalue weighted by molar-refractivity contribution is -0.117. The van der Waals surface area contributed by atoms with Gasteiger partial charge in [-0.2, -0.15) is 0 Å². The Morgan fingerprint density at radius 2 is 0.674 bits per heavy atom. The van der Waals surface area contributed by atoms with E-state index in [0.29, 0.717) is 46.7 Å². The molecule has 0 saturated carbocycles. The lowest BCUT2D eigenvalue weighted by Gasteiger charge is -2.09. The maximum atomic E-state index is 12.3. The molecule has 0 fully saturated rings. The molecule has 0 aliphatic heterocycles. The van der Waals surface area contributed by atoms with E-state index in [-0.39, 0.29) is 23.6 Å². The molecular weight excluding hydrogens is 540 g/mol. The van der Waals surface area contributed by atoms with E-state index in [1.165, 1.54) is 0 Å². The second kappa shape index (κ2) is 16.3. The van der Waals surface area contributed by atoms with Gasteiger partial charge in [-0.3, -0.25) is 19.2 Å². The number of benzene rings is 4. The SMILES string of the molecule is O=C(CCCCCCCC(=O)Nc1ccc(NC(=O)c2ccccc2)cc1)Nc1ccc(NC(=O)c2ccccc2)cc1. The van der Waals surface area contributed by atoms with Crippen molar-refractivity contribution in [1.82, 2.24) is 0 Å². The highest BCUT2D eigenvalue weighted by Gasteiger charge is 2.08. The van der Waals surface area contributed by atoms with Crippen LogP contribution in [0.1, 0.15) is 65.7 Å². The molecule has 4 aromatic carbocycles. The van der Waals surface area contributed by atoms with Crippen molar-refractivity contribution in [3.63, 3.8) is 0 Å². The fraction of sp³-hybridized carbons (Fsp3) is 0.200. The summed E-state index contributed by atoms with van der Waals surface area (Å²) in [4.78, 5) is 49.1. The summed E-state index contributed by atoms with van der Waals surface area (Å²) in [5, 5.41) is 11.5. The zero-order valence-electron chi connectivity index (χ0n) is 24.0. The number of rotatable bonds is 14. The number of nitrogens with one attached hydrogen (secondary N) is 4. The van der Waals surface area contributed by atoms with Crippen molar-refractivity contribution in [2.24, 2.45) is 0 Å². The molecule has 8 heteroatoms. The van der Waals surface area contributed by atoms with E-state index in [1.54, 1.807) is 72.8 Å². The third-order valence-electron chi connectivity index (χ3n) is 6.73. The standard InChI is InChI=1S/C35H36N4O4/c40-32(36-28-18-22-30(23-19-28)38-34(42)26-12-6-4-7-13-26)16-10-2-1-3-11-17-33(41)37-29-20-24-31(25-21-29)39-35(43)27-14-8-5-9-15-27/h4-9,12-15,18-25H,1-3,10-11,16-17H2,(H,36,40)(H,37,41)(H,38,42)(H,39,43). The van der Waals surface area contributed by atoms with Crippen molar-refractivity contribution in [3.05, 3.63) is 120 Å². The van der Waals surface area contributed by atoms with Crippen LogP contribution in [0.2, 0.25) is 0 Å². The van der Waals surface area contributed by atoms with Crippen molar-refractivity contribution in [2.75, 3.05) is 21.3 Å². The number of carbonyl (C=O) groups is 4. The highest BCUT2D eigenvalue weighted by Crippen LogP contribution is 2.17. The number of hydrogen-bond donors (Lipinski definition) is 4. The van der Waals surface area contributed by atoms with Gasteiger partial charge in [0.05, 0.1) is 0 Å². The molecule has 4 rings (SSSR count). The Morgan fingerprint density at radius 1 is 0.372 bits per heavy atom. The molecule has 0 radical (unpaired) electrons. The molecule has 0 atom stereocenters. The highest BCUT2D eigenvalue weighted by molar-refractivity contribution is 6.05.